The summed E-state index contributed by atoms with van der Waals surface area (Å²) in [7, 11) is 4.18. The summed E-state index contributed by atoms with van der Waals surface area (Å²) in [6, 6.07) is 19.6. The average molecular weight is 268 g/mol. The topological polar surface area (TPSA) is 15.3 Å². The Morgan fingerprint density at radius 3 is 2.35 bits per heavy atom. The zero-order valence-electron chi connectivity index (χ0n) is 12.6. The zero-order chi connectivity index (χ0) is 14.4. The minimum atomic E-state index is 0.366. The maximum Gasteiger partial charge on any atom is 0.0412 e. The first-order chi connectivity index (χ1) is 9.72. The highest BCUT2D eigenvalue weighted by Crippen LogP contribution is 2.25. The van der Waals surface area contributed by atoms with Crippen molar-refractivity contribution in [3.8, 4) is 0 Å². The van der Waals surface area contributed by atoms with Crippen LogP contribution in [0.25, 0.3) is 0 Å². The predicted molar refractivity (Wildman–Crippen MR) is 87.3 cm³/mol. The van der Waals surface area contributed by atoms with Crippen LogP contribution in [-0.4, -0.2) is 20.6 Å². The summed E-state index contributed by atoms with van der Waals surface area (Å²) in [6.07, 6.45) is 1.07. The van der Waals surface area contributed by atoms with Crippen LogP contribution in [0.15, 0.2) is 54.6 Å². The summed E-state index contributed by atoms with van der Waals surface area (Å²) in [5, 5.41) is 3.32. The molecule has 2 aromatic carbocycles. The number of benzene rings is 2. The fourth-order valence-corrected chi connectivity index (χ4v) is 2.42. The molecular weight excluding hydrogens is 244 g/mol. The number of likely N-dealkylation sites (N-methyl/N-ethyl adjacent to an activating group) is 1. The standard InChI is InChI=1S/C18H24N2/c1-15(19-2)17-11-7-8-12-18(17)20(3)14-13-16-9-5-4-6-10-16/h4-12,15,19H,13-14H2,1-3H3. The van der Waals surface area contributed by atoms with Gasteiger partial charge in [-0.15, -0.1) is 0 Å². The first-order valence-corrected chi connectivity index (χ1v) is 7.23. The van der Waals surface area contributed by atoms with Gasteiger partial charge in [-0.3, -0.25) is 0 Å². The molecule has 0 aliphatic heterocycles. The van der Waals surface area contributed by atoms with Crippen molar-refractivity contribution in [2.45, 2.75) is 19.4 Å². The van der Waals surface area contributed by atoms with Crippen LogP contribution in [0, 0.1) is 0 Å². The highest BCUT2D eigenvalue weighted by Gasteiger charge is 2.11. The van der Waals surface area contributed by atoms with E-state index in [-0.39, 0.29) is 0 Å². The van der Waals surface area contributed by atoms with E-state index in [1.165, 1.54) is 16.8 Å². The fraction of sp³-hybridized carbons (Fsp3) is 0.333. The first-order valence-electron chi connectivity index (χ1n) is 7.23. The summed E-state index contributed by atoms with van der Waals surface area (Å²) in [4.78, 5) is 2.34. The van der Waals surface area contributed by atoms with Gasteiger partial charge in [-0.1, -0.05) is 48.5 Å². The number of nitrogens with one attached hydrogen (secondary N) is 1. The van der Waals surface area contributed by atoms with E-state index in [0.717, 1.165) is 13.0 Å². The molecule has 2 nitrogen and oxygen atoms in total. The largest absolute Gasteiger partial charge is 0.374 e. The molecule has 0 aliphatic carbocycles. The molecule has 1 N–H and O–H groups in total. The molecule has 1 atom stereocenters. The maximum atomic E-state index is 3.32. The molecule has 0 aromatic heterocycles. The predicted octanol–water partition coefficient (Wildman–Crippen LogP) is 3.65. The molecule has 20 heavy (non-hydrogen) atoms. The van der Waals surface area contributed by atoms with Crippen molar-refractivity contribution in [2.24, 2.45) is 0 Å². The highest BCUT2D eigenvalue weighted by atomic mass is 15.1. The normalized spacial score (nSPS) is 12.2. The van der Waals surface area contributed by atoms with Crippen LogP contribution in [0.3, 0.4) is 0 Å². The van der Waals surface area contributed by atoms with Gasteiger partial charge < -0.3 is 10.2 Å². The van der Waals surface area contributed by atoms with E-state index in [1.54, 1.807) is 0 Å². The van der Waals surface area contributed by atoms with Crippen molar-refractivity contribution in [1.29, 1.82) is 0 Å². The van der Waals surface area contributed by atoms with Gasteiger partial charge >= 0.3 is 0 Å². The second-order valence-electron chi connectivity index (χ2n) is 5.23. The van der Waals surface area contributed by atoms with E-state index < -0.39 is 0 Å². The van der Waals surface area contributed by atoms with Crippen molar-refractivity contribution >= 4 is 5.69 Å². The van der Waals surface area contributed by atoms with Gasteiger partial charge in [0.1, 0.15) is 0 Å². The van der Waals surface area contributed by atoms with Crippen molar-refractivity contribution < 1.29 is 0 Å². The molecule has 0 aliphatic rings. The van der Waals surface area contributed by atoms with Gasteiger partial charge in [0.2, 0.25) is 0 Å². The van der Waals surface area contributed by atoms with Crippen molar-refractivity contribution in [3.63, 3.8) is 0 Å². The third-order valence-corrected chi connectivity index (χ3v) is 3.83. The van der Waals surface area contributed by atoms with Gasteiger partial charge in [0, 0.05) is 25.3 Å². The third kappa shape index (κ3) is 3.61. The van der Waals surface area contributed by atoms with Gasteiger partial charge in [-0.05, 0) is 37.6 Å². The van der Waals surface area contributed by atoms with Crippen LogP contribution in [0.1, 0.15) is 24.1 Å². The minimum Gasteiger partial charge on any atom is -0.374 e. The van der Waals surface area contributed by atoms with Crippen molar-refractivity contribution in [2.75, 3.05) is 25.5 Å². The molecule has 0 fully saturated rings. The second-order valence-corrected chi connectivity index (χ2v) is 5.23. The van der Waals surface area contributed by atoms with Gasteiger partial charge in [0.15, 0.2) is 0 Å². The highest BCUT2D eigenvalue weighted by molar-refractivity contribution is 5.54. The average Bonchev–Trinajstić information content (AvgIpc) is 2.52. The number of nitrogens with zero attached hydrogens (tertiary/aromatic N) is 1. The summed E-state index contributed by atoms with van der Waals surface area (Å²) < 4.78 is 0. The molecule has 1 unspecified atom stereocenters. The molecule has 0 amide bonds. The zero-order valence-corrected chi connectivity index (χ0v) is 12.6. The Labute approximate surface area is 122 Å². The molecule has 106 valence electrons. The number of hydrogen-bond acceptors (Lipinski definition) is 2. The van der Waals surface area contributed by atoms with Gasteiger partial charge in [-0.2, -0.15) is 0 Å². The van der Waals surface area contributed by atoms with E-state index in [4.69, 9.17) is 0 Å². The lowest BCUT2D eigenvalue weighted by molar-refractivity contribution is 0.649. The van der Waals surface area contributed by atoms with Crippen molar-refractivity contribution in [3.05, 3.63) is 65.7 Å². The number of rotatable bonds is 6. The lowest BCUT2D eigenvalue weighted by Crippen LogP contribution is -2.24. The van der Waals surface area contributed by atoms with Crippen LogP contribution in [0.2, 0.25) is 0 Å². The van der Waals surface area contributed by atoms with E-state index >= 15 is 0 Å². The molecule has 0 radical (unpaired) electrons. The Morgan fingerprint density at radius 2 is 1.65 bits per heavy atom. The van der Waals surface area contributed by atoms with E-state index in [9.17, 15) is 0 Å². The monoisotopic (exact) mass is 268 g/mol. The molecule has 2 rings (SSSR count). The third-order valence-electron chi connectivity index (χ3n) is 3.83. The maximum absolute atomic E-state index is 3.32. The van der Waals surface area contributed by atoms with Crippen molar-refractivity contribution in [1.82, 2.24) is 5.32 Å². The first kappa shape index (κ1) is 14.6. The molecule has 0 spiro atoms. The number of hydrogen-bond donors (Lipinski definition) is 1. The van der Waals surface area contributed by atoms with Gasteiger partial charge in [0.05, 0.1) is 0 Å². The van der Waals surface area contributed by atoms with E-state index in [0.29, 0.717) is 6.04 Å². The van der Waals surface area contributed by atoms with Gasteiger partial charge in [-0.25, -0.2) is 0 Å². The van der Waals surface area contributed by atoms with Crippen LogP contribution in [0.5, 0.6) is 0 Å². The number of para-hydroxylation sites is 1. The SMILES string of the molecule is CNC(C)c1ccccc1N(C)CCc1ccccc1. The van der Waals surface area contributed by atoms with Crippen LogP contribution >= 0.6 is 0 Å². The van der Waals surface area contributed by atoms with E-state index in [1.807, 2.05) is 7.05 Å². The Bertz CT molecular complexity index is 522. The molecule has 0 saturated heterocycles. The van der Waals surface area contributed by atoms with Crippen LogP contribution in [0.4, 0.5) is 5.69 Å². The molecular formula is C18H24N2. The Kier molecular flexibility index (Phi) is 5.19. The Hall–Kier alpha value is -1.80. The smallest absolute Gasteiger partial charge is 0.0412 e. The fourth-order valence-electron chi connectivity index (χ4n) is 2.42. The lowest BCUT2D eigenvalue weighted by Gasteiger charge is -2.25. The number of anilines is 1. The summed E-state index contributed by atoms with van der Waals surface area (Å²) in [5.41, 5.74) is 4.05. The van der Waals surface area contributed by atoms with Gasteiger partial charge in [0.25, 0.3) is 0 Å². The summed E-state index contributed by atoms with van der Waals surface area (Å²) >= 11 is 0. The Morgan fingerprint density at radius 1 is 1.00 bits per heavy atom. The minimum absolute atomic E-state index is 0.366. The molecule has 2 aromatic rings. The van der Waals surface area contributed by atoms with E-state index in [2.05, 4.69) is 78.8 Å². The Balaban J connectivity index is 2.07. The van der Waals surface area contributed by atoms with Crippen LogP contribution in [-0.2, 0) is 6.42 Å². The molecule has 0 saturated carbocycles. The molecule has 2 heteroatoms. The lowest BCUT2D eigenvalue weighted by atomic mass is 10.0. The molecule has 0 bridgehead atoms. The van der Waals surface area contributed by atoms with Crippen LogP contribution < -0.4 is 10.2 Å². The quantitative estimate of drug-likeness (QED) is 0.860. The summed E-state index contributed by atoms with van der Waals surface area (Å²) in [6.45, 7) is 3.22. The molecule has 0 heterocycles. The summed E-state index contributed by atoms with van der Waals surface area (Å²) in [5.74, 6) is 0. The second kappa shape index (κ2) is 7.11.